The van der Waals surface area contributed by atoms with E-state index in [0.717, 1.165) is 53.8 Å². The summed E-state index contributed by atoms with van der Waals surface area (Å²) < 4.78 is 2.16. The van der Waals surface area contributed by atoms with Crippen LogP contribution in [0.25, 0.3) is 16.6 Å². The zero-order valence-corrected chi connectivity index (χ0v) is 21.5. The number of hydrogen-bond acceptors (Lipinski definition) is 3. The van der Waals surface area contributed by atoms with Crippen molar-refractivity contribution < 1.29 is 9.90 Å². The molecule has 188 valence electrons. The molecule has 0 saturated carbocycles. The summed E-state index contributed by atoms with van der Waals surface area (Å²) in [7, 11) is 0. The highest BCUT2D eigenvalue weighted by atomic mass is 16.3. The topological polar surface area (TPSA) is 57.5 Å². The van der Waals surface area contributed by atoms with Gasteiger partial charge in [0, 0.05) is 35.4 Å². The van der Waals surface area contributed by atoms with Gasteiger partial charge < -0.3 is 15.0 Å². The van der Waals surface area contributed by atoms with Crippen molar-refractivity contribution in [3.8, 4) is 11.4 Å². The number of likely N-dealkylation sites (tertiary alicyclic amines) is 1. The van der Waals surface area contributed by atoms with Gasteiger partial charge in [0.2, 0.25) is 0 Å². The average molecular weight is 476 g/mol. The van der Waals surface area contributed by atoms with Crippen LogP contribution in [0.4, 0.5) is 0 Å². The Kier molecular flexibility index (Phi) is 8.86. The van der Waals surface area contributed by atoms with Crippen LogP contribution in [0.3, 0.4) is 0 Å². The summed E-state index contributed by atoms with van der Waals surface area (Å²) in [5.41, 5.74) is 4.48. The minimum Gasteiger partial charge on any atom is -0.508 e. The average Bonchev–Trinajstić information content (AvgIpc) is 3.18. The summed E-state index contributed by atoms with van der Waals surface area (Å²) in [5, 5.41) is 15.0. The Balaban J connectivity index is 1.68. The van der Waals surface area contributed by atoms with Crippen molar-refractivity contribution in [2.45, 2.75) is 78.2 Å². The van der Waals surface area contributed by atoms with Gasteiger partial charge in [0.1, 0.15) is 5.75 Å². The zero-order chi connectivity index (χ0) is 24.6. The lowest BCUT2D eigenvalue weighted by Crippen LogP contribution is -2.29. The first-order chi connectivity index (χ1) is 17.1. The number of piperidine rings is 1. The second-order valence-corrected chi connectivity index (χ2v) is 9.95. The van der Waals surface area contributed by atoms with E-state index in [2.05, 4.69) is 33.8 Å². The second-order valence-electron chi connectivity index (χ2n) is 9.95. The number of nitrogens with zero attached hydrogens (tertiary/aromatic N) is 2. The third-order valence-corrected chi connectivity index (χ3v) is 7.34. The number of amides is 1. The number of unbranched alkanes of at least 4 members (excludes halogenated alkanes) is 5. The number of hydrogen-bond donors (Lipinski definition) is 2. The SMILES string of the molecule is CCCCCCCCNC(=O)c1c(C)n(-c2ccccc2)c2ccc(O)c(CN3CCCCC3)c12. The standard InChI is InChI=1S/C30H41N3O2/c1-3-4-5-6-7-12-19-31-30(35)28-23(2)33(24-15-10-8-11-16-24)26-17-18-27(34)25(29(26)28)22-32-20-13-9-14-21-32/h8,10-11,15-18,34H,3-7,9,12-14,19-22H2,1-2H3,(H,31,35). The van der Waals surface area contributed by atoms with Crippen LogP contribution in [0.5, 0.6) is 5.75 Å². The van der Waals surface area contributed by atoms with Crippen LogP contribution >= 0.6 is 0 Å². The van der Waals surface area contributed by atoms with E-state index in [1.165, 1.54) is 44.9 Å². The van der Waals surface area contributed by atoms with E-state index in [1.54, 1.807) is 6.07 Å². The number of aromatic hydroxyl groups is 1. The first-order valence-corrected chi connectivity index (χ1v) is 13.5. The van der Waals surface area contributed by atoms with E-state index in [0.29, 0.717) is 18.7 Å². The fraction of sp³-hybridized carbons (Fsp3) is 0.500. The number of para-hydroxylation sites is 1. The van der Waals surface area contributed by atoms with E-state index < -0.39 is 0 Å². The summed E-state index contributed by atoms with van der Waals surface area (Å²) >= 11 is 0. The molecule has 2 aromatic carbocycles. The summed E-state index contributed by atoms with van der Waals surface area (Å²) in [4.78, 5) is 16.0. The molecule has 0 bridgehead atoms. The quantitative estimate of drug-likeness (QED) is 0.303. The van der Waals surface area contributed by atoms with Gasteiger partial charge in [0.15, 0.2) is 0 Å². The molecule has 3 aromatic rings. The van der Waals surface area contributed by atoms with Gasteiger partial charge in [-0.15, -0.1) is 0 Å². The summed E-state index contributed by atoms with van der Waals surface area (Å²) in [6.45, 7) is 7.67. The number of fused-ring (bicyclic) bond motifs is 1. The maximum atomic E-state index is 13.6. The largest absolute Gasteiger partial charge is 0.508 e. The van der Waals surface area contributed by atoms with Crippen LogP contribution in [0.2, 0.25) is 0 Å². The molecule has 1 amide bonds. The third kappa shape index (κ3) is 5.90. The number of benzene rings is 2. The number of aromatic nitrogens is 1. The lowest BCUT2D eigenvalue weighted by atomic mass is 10.0. The van der Waals surface area contributed by atoms with Gasteiger partial charge in [-0.2, -0.15) is 0 Å². The van der Waals surface area contributed by atoms with Crippen LogP contribution in [-0.2, 0) is 6.54 Å². The molecule has 0 radical (unpaired) electrons. The Hall–Kier alpha value is -2.79. The predicted octanol–water partition coefficient (Wildman–Crippen LogP) is 6.72. The molecule has 2 heterocycles. The second kappa shape index (κ2) is 12.3. The first-order valence-electron chi connectivity index (χ1n) is 13.5. The van der Waals surface area contributed by atoms with E-state index in [1.807, 2.05) is 31.2 Å². The molecule has 1 aliphatic rings. The Morgan fingerprint density at radius 3 is 2.40 bits per heavy atom. The molecular weight excluding hydrogens is 434 g/mol. The van der Waals surface area contributed by atoms with Crippen LogP contribution in [-0.4, -0.2) is 40.1 Å². The molecule has 0 aliphatic carbocycles. The van der Waals surface area contributed by atoms with Gasteiger partial charge in [-0.05, 0) is 63.5 Å². The maximum Gasteiger partial charge on any atom is 0.253 e. The summed E-state index contributed by atoms with van der Waals surface area (Å²) in [5.74, 6) is 0.236. The Bertz CT molecular complexity index is 1110. The number of carbonyl (C=O) groups is 1. The fourth-order valence-corrected chi connectivity index (χ4v) is 5.45. The van der Waals surface area contributed by atoms with Gasteiger partial charge in [0.25, 0.3) is 5.91 Å². The number of nitrogens with one attached hydrogen (secondary N) is 1. The summed E-state index contributed by atoms with van der Waals surface area (Å²) in [6, 6.07) is 13.9. The predicted molar refractivity (Wildman–Crippen MR) is 145 cm³/mol. The fourth-order valence-electron chi connectivity index (χ4n) is 5.45. The highest BCUT2D eigenvalue weighted by molar-refractivity contribution is 6.10. The molecule has 2 N–H and O–H groups in total. The molecule has 35 heavy (non-hydrogen) atoms. The minimum absolute atomic E-state index is 0.0405. The van der Waals surface area contributed by atoms with Crippen molar-refractivity contribution in [2.75, 3.05) is 19.6 Å². The minimum atomic E-state index is -0.0405. The van der Waals surface area contributed by atoms with Gasteiger partial charge >= 0.3 is 0 Å². The van der Waals surface area contributed by atoms with Crippen molar-refractivity contribution in [3.63, 3.8) is 0 Å². The third-order valence-electron chi connectivity index (χ3n) is 7.34. The van der Waals surface area contributed by atoms with Gasteiger partial charge in [-0.3, -0.25) is 9.69 Å². The van der Waals surface area contributed by atoms with Gasteiger partial charge in [0.05, 0.1) is 11.1 Å². The highest BCUT2D eigenvalue weighted by Gasteiger charge is 2.26. The lowest BCUT2D eigenvalue weighted by Gasteiger charge is -2.27. The van der Waals surface area contributed by atoms with Crippen molar-refractivity contribution in [2.24, 2.45) is 0 Å². The van der Waals surface area contributed by atoms with Gasteiger partial charge in [-0.1, -0.05) is 63.6 Å². The first kappa shape index (κ1) is 25.3. The highest BCUT2D eigenvalue weighted by Crippen LogP contribution is 2.37. The normalized spacial score (nSPS) is 14.5. The van der Waals surface area contributed by atoms with Crippen molar-refractivity contribution in [1.29, 1.82) is 0 Å². The number of carbonyl (C=O) groups excluding carboxylic acids is 1. The maximum absolute atomic E-state index is 13.6. The Labute approximate surface area is 210 Å². The van der Waals surface area contributed by atoms with Crippen LogP contribution in [0, 0.1) is 6.92 Å². The molecule has 1 aromatic heterocycles. The zero-order valence-electron chi connectivity index (χ0n) is 21.5. The number of phenols is 1. The monoisotopic (exact) mass is 475 g/mol. The van der Waals surface area contributed by atoms with E-state index in [9.17, 15) is 9.90 Å². The molecule has 0 spiro atoms. The van der Waals surface area contributed by atoms with Crippen LogP contribution in [0.1, 0.15) is 86.3 Å². The van der Waals surface area contributed by atoms with Crippen molar-refractivity contribution in [1.82, 2.24) is 14.8 Å². The van der Waals surface area contributed by atoms with Crippen LogP contribution < -0.4 is 5.32 Å². The number of rotatable bonds is 11. The molecular formula is C30H41N3O2. The lowest BCUT2D eigenvalue weighted by molar-refractivity contribution is 0.0953. The number of phenolic OH excluding ortho intramolecular Hbond substituents is 1. The van der Waals surface area contributed by atoms with E-state index in [4.69, 9.17) is 0 Å². The van der Waals surface area contributed by atoms with E-state index in [-0.39, 0.29) is 11.7 Å². The molecule has 1 fully saturated rings. The molecule has 5 heteroatoms. The molecule has 0 unspecified atom stereocenters. The molecule has 0 atom stereocenters. The molecule has 4 rings (SSSR count). The Morgan fingerprint density at radius 2 is 1.66 bits per heavy atom. The van der Waals surface area contributed by atoms with Crippen molar-refractivity contribution in [3.05, 3.63) is 59.3 Å². The molecule has 1 aliphatic heterocycles. The summed E-state index contributed by atoms with van der Waals surface area (Å²) in [6.07, 6.45) is 10.8. The molecule has 5 nitrogen and oxygen atoms in total. The Morgan fingerprint density at radius 1 is 0.943 bits per heavy atom. The van der Waals surface area contributed by atoms with Gasteiger partial charge in [-0.25, -0.2) is 0 Å². The van der Waals surface area contributed by atoms with Crippen molar-refractivity contribution >= 4 is 16.8 Å². The molecule has 1 saturated heterocycles. The smallest absolute Gasteiger partial charge is 0.253 e. The van der Waals surface area contributed by atoms with E-state index >= 15 is 0 Å². The van der Waals surface area contributed by atoms with Crippen LogP contribution in [0.15, 0.2) is 42.5 Å².